The summed E-state index contributed by atoms with van der Waals surface area (Å²) >= 11 is 0. The summed E-state index contributed by atoms with van der Waals surface area (Å²) in [5.74, 6) is 0. The zero-order valence-corrected chi connectivity index (χ0v) is 12.2. The van der Waals surface area contributed by atoms with Crippen LogP contribution in [-0.4, -0.2) is 92.2 Å². The number of hydrogen-bond donors (Lipinski definition) is 0. The zero-order chi connectivity index (χ0) is 0. The minimum Gasteiger partial charge on any atom is 0 e. The van der Waals surface area contributed by atoms with E-state index in [9.17, 15) is 0 Å². The summed E-state index contributed by atoms with van der Waals surface area (Å²) in [4.78, 5) is 0. The first-order valence-electron chi connectivity index (χ1n) is 0. The van der Waals surface area contributed by atoms with Crippen LogP contribution in [0.5, 0.6) is 0 Å². The zero-order valence-electron chi connectivity index (χ0n) is 3.54. The molecule has 0 rings (SSSR count). The summed E-state index contributed by atoms with van der Waals surface area (Å²) in [5, 5.41) is 0. The average Bonchev–Trinajstić information content (AvgIpc) is 0. The quantitative estimate of drug-likeness (QED) is 0.380. The molecule has 0 aliphatic carbocycles. The van der Waals surface area contributed by atoms with Crippen molar-refractivity contribution in [1.29, 1.82) is 0 Å². The summed E-state index contributed by atoms with van der Waals surface area (Å²) in [6, 6.07) is 0. The molecule has 0 aromatic carbocycles. The largest absolute Gasteiger partial charge is 0 e. The van der Waals surface area contributed by atoms with Crippen LogP contribution in [0, 0.1) is 0 Å². The van der Waals surface area contributed by atoms with Crippen LogP contribution in [0.15, 0.2) is 0 Å². The van der Waals surface area contributed by atoms with E-state index < -0.39 is 0 Å². The minimum atomic E-state index is 0. The van der Waals surface area contributed by atoms with E-state index in [1.807, 2.05) is 0 Å². The van der Waals surface area contributed by atoms with Crippen molar-refractivity contribution < 1.29 is 19.5 Å². The average molecular weight is 163 g/mol. The Morgan fingerprint density at radius 2 is 0.400 bits per heavy atom. The third kappa shape index (κ3) is 18.3. The molecule has 0 bridgehead atoms. The molecule has 0 nitrogen and oxygen atoms in total. The predicted molar refractivity (Wildman–Crippen MR) is 23.0 cm³/mol. The molecule has 5 heavy (non-hydrogen) atoms. The van der Waals surface area contributed by atoms with Crippen LogP contribution in [-0.2, 0) is 19.5 Å². The maximum Gasteiger partial charge on any atom is 0 e. The van der Waals surface area contributed by atoms with Gasteiger partial charge in [0.15, 0.2) is 0 Å². The normalized spacial score (nSPS) is 0. The molecular weight excluding hydrogens is 163 g/mol. The molecule has 0 aromatic rings. The van der Waals surface area contributed by atoms with Crippen molar-refractivity contribution >= 4 is 92.2 Å². The summed E-state index contributed by atoms with van der Waals surface area (Å²) in [7, 11) is 0. The molecule has 0 saturated carbocycles. The van der Waals surface area contributed by atoms with E-state index >= 15 is 0 Å². The summed E-state index contributed by atoms with van der Waals surface area (Å²) in [5.41, 5.74) is 0. The van der Waals surface area contributed by atoms with Gasteiger partial charge in [-0.2, -0.15) is 0 Å². The van der Waals surface area contributed by atoms with Crippen LogP contribution in [0.3, 0.4) is 0 Å². The standard InChI is InChI=1S/4Mg.Zn. The van der Waals surface area contributed by atoms with Gasteiger partial charge in [-0.15, -0.1) is 0 Å². The van der Waals surface area contributed by atoms with Crippen LogP contribution in [0.4, 0.5) is 0 Å². The molecule has 0 aliphatic heterocycles. The fraction of sp³-hybridized carbons (Fsp3) is 0. The Morgan fingerprint density at radius 1 is 0.400 bits per heavy atom. The molecule has 0 fully saturated rings. The molecule has 5 heteroatoms. The van der Waals surface area contributed by atoms with Crippen LogP contribution in [0.2, 0.25) is 0 Å². The summed E-state index contributed by atoms with van der Waals surface area (Å²) < 4.78 is 0. The molecule has 10 valence electrons. The Hall–Kier alpha value is 3.69. The topological polar surface area (TPSA) is 0 Å². The monoisotopic (exact) mass is 160 g/mol. The summed E-state index contributed by atoms with van der Waals surface area (Å²) in [6.45, 7) is 0. The van der Waals surface area contributed by atoms with Gasteiger partial charge in [-0.1, -0.05) is 0 Å². The predicted octanol–water partition coefficient (Wildman–Crippen LogP) is -1.53. The third-order valence-electron chi connectivity index (χ3n) is 0. The van der Waals surface area contributed by atoms with Crippen LogP contribution in [0.1, 0.15) is 0 Å². The van der Waals surface area contributed by atoms with Gasteiger partial charge in [0.1, 0.15) is 0 Å². The van der Waals surface area contributed by atoms with E-state index in [1.54, 1.807) is 0 Å². The van der Waals surface area contributed by atoms with Crippen molar-refractivity contribution in [2.75, 3.05) is 0 Å². The van der Waals surface area contributed by atoms with Crippen molar-refractivity contribution in [3.8, 4) is 0 Å². The molecule has 0 saturated heterocycles. The molecule has 0 aromatic heterocycles. The van der Waals surface area contributed by atoms with Crippen LogP contribution >= 0.6 is 0 Å². The van der Waals surface area contributed by atoms with Crippen molar-refractivity contribution in [2.24, 2.45) is 0 Å². The molecule has 0 aliphatic rings. The van der Waals surface area contributed by atoms with Gasteiger partial charge in [0, 0.05) is 112 Å². The van der Waals surface area contributed by atoms with Gasteiger partial charge in [0.2, 0.25) is 0 Å². The van der Waals surface area contributed by atoms with Gasteiger partial charge in [-0.05, 0) is 0 Å². The maximum absolute atomic E-state index is 0. The van der Waals surface area contributed by atoms with Crippen LogP contribution < -0.4 is 0 Å². The number of rotatable bonds is 0. The first kappa shape index (κ1) is 37.8. The van der Waals surface area contributed by atoms with Gasteiger partial charge in [0.05, 0.1) is 0 Å². The Labute approximate surface area is 109 Å². The Balaban J connectivity index is 0. The molecule has 0 N–H and O–H groups in total. The van der Waals surface area contributed by atoms with Crippen molar-refractivity contribution in [3.05, 3.63) is 0 Å². The van der Waals surface area contributed by atoms with Gasteiger partial charge in [0.25, 0.3) is 0 Å². The van der Waals surface area contributed by atoms with Crippen molar-refractivity contribution in [1.82, 2.24) is 0 Å². The molecule has 0 atom stereocenters. The fourth-order valence-corrected chi connectivity index (χ4v) is 0. The Kier molecular flexibility index (Phi) is 191. The van der Waals surface area contributed by atoms with Gasteiger partial charge in [-0.25, -0.2) is 0 Å². The molecule has 0 heterocycles. The van der Waals surface area contributed by atoms with E-state index in [-0.39, 0.29) is 112 Å². The SMILES string of the molecule is [Mg].[Mg].[Mg].[Mg].[Zn]. The van der Waals surface area contributed by atoms with E-state index in [4.69, 9.17) is 0 Å². The fourth-order valence-electron chi connectivity index (χ4n) is 0. The van der Waals surface area contributed by atoms with Crippen molar-refractivity contribution in [3.63, 3.8) is 0 Å². The second-order valence-corrected chi connectivity index (χ2v) is 0. The Bertz CT molecular complexity index is 3.61. The third-order valence-corrected chi connectivity index (χ3v) is 0. The number of hydrogen-bond acceptors (Lipinski definition) is 0. The molecule has 0 unspecified atom stereocenters. The van der Waals surface area contributed by atoms with Gasteiger partial charge >= 0.3 is 0 Å². The Morgan fingerprint density at radius 3 is 0.400 bits per heavy atom. The van der Waals surface area contributed by atoms with Crippen molar-refractivity contribution in [2.45, 2.75) is 0 Å². The first-order chi connectivity index (χ1) is 0. The van der Waals surface area contributed by atoms with Gasteiger partial charge < -0.3 is 0 Å². The molecule has 0 spiro atoms. The van der Waals surface area contributed by atoms with E-state index in [1.165, 1.54) is 0 Å². The van der Waals surface area contributed by atoms with E-state index in [0.717, 1.165) is 0 Å². The maximum atomic E-state index is 0. The second-order valence-electron chi connectivity index (χ2n) is 0. The minimum absolute atomic E-state index is 0. The van der Waals surface area contributed by atoms with E-state index in [0.29, 0.717) is 0 Å². The van der Waals surface area contributed by atoms with Gasteiger partial charge in [-0.3, -0.25) is 0 Å². The molecular formula is Mg4Zn. The summed E-state index contributed by atoms with van der Waals surface area (Å²) in [6.07, 6.45) is 0. The van der Waals surface area contributed by atoms with E-state index in [2.05, 4.69) is 0 Å². The second kappa shape index (κ2) is 25.3. The smallest absolute Gasteiger partial charge is 0 e. The molecule has 0 amide bonds. The first-order valence-corrected chi connectivity index (χ1v) is 0. The molecule has 8 radical (unpaired) electrons. The van der Waals surface area contributed by atoms with Crippen LogP contribution in [0.25, 0.3) is 0 Å².